The summed E-state index contributed by atoms with van der Waals surface area (Å²) in [6.07, 6.45) is 8.81. The van der Waals surface area contributed by atoms with Crippen LogP contribution in [0.5, 0.6) is 5.75 Å². The zero-order valence-corrected chi connectivity index (χ0v) is 18.6. The number of piperidine rings is 1. The van der Waals surface area contributed by atoms with Crippen molar-refractivity contribution in [3.63, 3.8) is 0 Å². The number of ether oxygens (including phenoxy) is 1. The van der Waals surface area contributed by atoms with Crippen LogP contribution in [0.4, 0.5) is 8.78 Å². The van der Waals surface area contributed by atoms with Gasteiger partial charge in [0.05, 0.1) is 30.9 Å². The molecule has 3 heterocycles. The minimum Gasteiger partial charge on any atom is -0.495 e. The van der Waals surface area contributed by atoms with Crippen molar-refractivity contribution in [1.29, 1.82) is 0 Å². The Kier molecular flexibility index (Phi) is 5.48. The number of carbonyl (C=O) groups is 1. The number of nitrogens with zero attached hydrogens (tertiary/aromatic N) is 3. The number of fused-ring (bicyclic) bond motifs is 1. The number of aromatic nitrogens is 2. The number of imidazole rings is 1. The quantitative estimate of drug-likeness (QED) is 0.503. The van der Waals surface area contributed by atoms with E-state index in [1.807, 2.05) is 46.9 Å². The third-order valence-corrected chi connectivity index (χ3v) is 6.57. The van der Waals surface area contributed by atoms with Gasteiger partial charge in [0.25, 0.3) is 5.91 Å². The van der Waals surface area contributed by atoms with E-state index < -0.39 is 11.6 Å². The third-order valence-electron chi connectivity index (χ3n) is 6.57. The Labute approximate surface area is 191 Å². The van der Waals surface area contributed by atoms with Crippen molar-refractivity contribution >= 4 is 12.0 Å². The largest absolute Gasteiger partial charge is 0.495 e. The molecule has 1 amide bonds. The molecule has 2 aromatic carbocycles. The van der Waals surface area contributed by atoms with Crippen molar-refractivity contribution < 1.29 is 18.3 Å². The van der Waals surface area contributed by atoms with Crippen LogP contribution < -0.4 is 4.74 Å². The summed E-state index contributed by atoms with van der Waals surface area (Å²) < 4.78 is 34.8. The Morgan fingerprint density at radius 2 is 1.97 bits per heavy atom. The molecule has 1 aromatic heterocycles. The second kappa shape index (κ2) is 8.46. The van der Waals surface area contributed by atoms with E-state index in [4.69, 9.17) is 4.74 Å². The van der Waals surface area contributed by atoms with Gasteiger partial charge >= 0.3 is 0 Å². The summed E-state index contributed by atoms with van der Waals surface area (Å²) in [7, 11) is 1.62. The normalized spacial score (nSPS) is 21.5. The first-order chi connectivity index (χ1) is 15.9. The van der Waals surface area contributed by atoms with Crippen molar-refractivity contribution in [2.45, 2.75) is 44.7 Å². The van der Waals surface area contributed by atoms with E-state index in [1.54, 1.807) is 19.5 Å². The summed E-state index contributed by atoms with van der Waals surface area (Å²) in [5.74, 6) is -1.10. The van der Waals surface area contributed by atoms with Gasteiger partial charge in [0, 0.05) is 17.8 Å². The summed E-state index contributed by atoms with van der Waals surface area (Å²) in [6.45, 7) is 1.93. The summed E-state index contributed by atoms with van der Waals surface area (Å²) >= 11 is 0. The lowest BCUT2D eigenvalue weighted by Crippen LogP contribution is -2.40. The van der Waals surface area contributed by atoms with Crippen molar-refractivity contribution in [3.05, 3.63) is 83.0 Å². The van der Waals surface area contributed by atoms with Crippen LogP contribution in [-0.2, 0) is 4.79 Å². The number of halogens is 2. The summed E-state index contributed by atoms with van der Waals surface area (Å²) in [4.78, 5) is 19.5. The van der Waals surface area contributed by atoms with E-state index in [0.29, 0.717) is 17.7 Å². The molecule has 2 atom stereocenters. The van der Waals surface area contributed by atoms with Gasteiger partial charge in [-0.05, 0) is 74.1 Å². The lowest BCUT2D eigenvalue weighted by Gasteiger charge is -2.37. The Morgan fingerprint density at radius 1 is 1.12 bits per heavy atom. The second-order valence-electron chi connectivity index (χ2n) is 8.71. The minimum absolute atomic E-state index is 0.0392. The van der Waals surface area contributed by atoms with Gasteiger partial charge in [-0.3, -0.25) is 4.79 Å². The van der Waals surface area contributed by atoms with Crippen molar-refractivity contribution in [1.82, 2.24) is 14.5 Å². The molecule has 2 aliphatic heterocycles. The van der Waals surface area contributed by atoms with Crippen LogP contribution in [0.15, 0.2) is 54.5 Å². The summed E-state index contributed by atoms with van der Waals surface area (Å²) in [6, 6.07) is 9.60. The van der Waals surface area contributed by atoms with Crippen LogP contribution in [-0.4, -0.2) is 33.5 Å². The highest BCUT2D eigenvalue weighted by molar-refractivity contribution is 6.00. The Morgan fingerprint density at radius 3 is 2.70 bits per heavy atom. The SMILES string of the molecule is COc1cc(/C=C2/C[C@@H]3CCC[C@@H](c4ccc(F)c(F)c4)N3C2=O)ccc1-n1cnc(C)c1. The number of aryl methyl sites for hydroxylation is 1. The van der Waals surface area contributed by atoms with Crippen LogP contribution in [0, 0.1) is 18.6 Å². The van der Waals surface area contributed by atoms with Gasteiger partial charge in [-0.2, -0.15) is 0 Å². The molecule has 0 unspecified atom stereocenters. The highest BCUT2D eigenvalue weighted by atomic mass is 19.2. The van der Waals surface area contributed by atoms with Crippen LogP contribution >= 0.6 is 0 Å². The first kappa shape index (κ1) is 21.4. The smallest absolute Gasteiger partial charge is 0.250 e. The fourth-order valence-electron chi connectivity index (χ4n) is 5.01. The van der Waals surface area contributed by atoms with Gasteiger partial charge < -0.3 is 14.2 Å². The summed E-state index contributed by atoms with van der Waals surface area (Å²) in [5.41, 5.74) is 4.03. The standard InChI is InChI=1S/C26H25F2N3O2/c1-16-14-30(15-29-16)24-9-6-17(11-25(24)33-2)10-19-12-20-4-3-5-23(31(20)26(19)32)18-7-8-21(27)22(28)13-18/h6-11,13-15,20,23H,3-5,12H2,1-2H3/b19-10-/t20-,23-/m0/s1. The van der Waals surface area contributed by atoms with Gasteiger partial charge in [0.15, 0.2) is 11.6 Å². The molecule has 33 heavy (non-hydrogen) atoms. The van der Waals surface area contributed by atoms with Gasteiger partial charge in [0.2, 0.25) is 0 Å². The molecule has 7 heteroatoms. The molecule has 0 spiro atoms. The summed E-state index contributed by atoms with van der Waals surface area (Å²) in [5, 5.41) is 0. The number of amides is 1. The van der Waals surface area contributed by atoms with E-state index in [0.717, 1.165) is 47.8 Å². The Bertz CT molecular complexity index is 1250. The van der Waals surface area contributed by atoms with Crippen LogP contribution in [0.2, 0.25) is 0 Å². The number of hydrogen-bond donors (Lipinski definition) is 0. The predicted molar refractivity (Wildman–Crippen MR) is 121 cm³/mol. The fourth-order valence-corrected chi connectivity index (χ4v) is 5.01. The molecule has 0 aliphatic carbocycles. The molecular weight excluding hydrogens is 424 g/mol. The van der Waals surface area contributed by atoms with Crippen molar-refractivity contribution in [2.24, 2.45) is 0 Å². The average Bonchev–Trinajstić information content (AvgIpc) is 3.38. The number of benzene rings is 2. The highest BCUT2D eigenvalue weighted by Gasteiger charge is 2.42. The van der Waals surface area contributed by atoms with Crippen molar-refractivity contribution in [2.75, 3.05) is 7.11 Å². The van der Waals surface area contributed by atoms with E-state index >= 15 is 0 Å². The highest BCUT2D eigenvalue weighted by Crippen LogP contribution is 2.42. The number of hydrogen-bond acceptors (Lipinski definition) is 3. The number of carbonyl (C=O) groups excluding carboxylic acids is 1. The molecule has 170 valence electrons. The van der Waals surface area contributed by atoms with Gasteiger partial charge in [0.1, 0.15) is 5.75 Å². The maximum atomic E-state index is 13.9. The molecule has 0 N–H and O–H groups in total. The average molecular weight is 450 g/mol. The molecule has 2 saturated heterocycles. The van der Waals surface area contributed by atoms with Crippen LogP contribution in [0.1, 0.15) is 48.5 Å². The zero-order valence-electron chi connectivity index (χ0n) is 18.6. The van der Waals surface area contributed by atoms with Crippen LogP contribution in [0.3, 0.4) is 0 Å². The lowest BCUT2D eigenvalue weighted by molar-refractivity contribution is -0.130. The molecule has 0 bridgehead atoms. The first-order valence-electron chi connectivity index (χ1n) is 11.1. The second-order valence-corrected chi connectivity index (χ2v) is 8.71. The molecule has 3 aromatic rings. The molecular formula is C26H25F2N3O2. The monoisotopic (exact) mass is 449 g/mol. The maximum absolute atomic E-state index is 13.9. The number of rotatable bonds is 4. The first-order valence-corrected chi connectivity index (χ1v) is 11.1. The van der Waals surface area contributed by atoms with E-state index in [2.05, 4.69) is 4.98 Å². The molecule has 5 nitrogen and oxygen atoms in total. The molecule has 0 radical (unpaired) electrons. The molecule has 2 aliphatic rings. The van der Waals surface area contributed by atoms with Gasteiger partial charge in [-0.15, -0.1) is 0 Å². The topological polar surface area (TPSA) is 47.4 Å². The number of methoxy groups -OCH3 is 1. The van der Waals surface area contributed by atoms with Crippen LogP contribution in [0.25, 0.3) is 11.8 Å². The molecule has 5 rings (SSSR count). The third kappa shape index (κ3) is 3.92. The Balaban J connectivity index is 1.44. The molecule has 0 saturated carbocycles. The van der Waals surface area contributed by atoms with E-state index in [-0.39, 0.29) is 18.0 Å². The van der Waals surface area contributed by atoms with Gasteiger partial charge in [-0.1, -0.05) is 12.1 Å². The fraction of sp³-hybridized carbons (Fsp3) is 0.308. The van der Waals surface area contributed by atoms with E-state index in [1.165, 1.54) is 6.07 Å². The van der Waals surface area contributed by atoms with E-state index in [9.17, 15) is 13.6 Å². The Hall–Kier alpha value is -3.48. The lowest BCUT2D eigenvalue weighted by atomic mass is 9.91. The predicted octanol–water partition coefficient (Wildman–Crippen LogP) is 5.38. The van der Waals surface area contributed by atoms with Crippen molar-refractivity contribution in [3.8, 4) is 11.4 Å². The zero-order chi connectivity index (χ0) is 23.1. The van der Waals surface area contributed by atoms with Gasteiger partial charge in [-0.25, -0.2) is 13.8 Å². The molecule has 2 fully saturated rings. The maximum Gasteiger partial charge on any atom is 0.250 e. The minimum atomic E-state index is -0.877.